The number of ether oxygens (including phenoxy) is 1. The SMILES string of the molecule is Cc1cc(C)c(C)c(O[C@H](C)C(=O)Nc2cccc([N+](=O)[O-])c2)c1. The molecule has 2 rings (SSSR count). The molecule has 1 atom stereocenters. The van der Waals surface area contributed by atoms with Gasteiger partial charge in [-0.05, 0) is 56.5 Å². The van der Waals surface area contributed by atoms with Crippen molar-refractivity contribution >= 4 is 17.3 Å². The Kier molecular flexibility index (Phi) is 5.18. The van der Waals surface area contributed by atoms with Gasteiger partial charge in [-0.25, -0.2) is 0 Å². The van der Waals surface area contributed by atoms with Gasteiger partial charge in [0.1, 0.15) is 5.75 Å². The summed E-state index contributed by atoms with van der Waals surface area (Å²) in [6.07, 6.45) is -0.732. The number of nitro benzene ring substituents is 1. The second kappa shape index (κ2) is 7.12. The Balaban J connectivity index is 2.10. The van der Waals surface area contributed by atoms with Crippen molar-refractivity contribution in [3.05, 3.63) is 63.2 Å². The van der Waals surface area contributed by atoms with E-state index >= 15 is 0 Å². The minimum absolute atomic E-state index is 0.0773. The maximum absolute atomic E-state index is 12.3. The van der Waals surface area contributed by atoms with Crippen LogP contribution < -0.4 is 10.1 Å². The minimum Gasteiger partial charge on any atom is -0.481 e. The van der Waals surface area contributed by atoms with Gasteiger partial charge in [-0.2, -0.15) is 0 Å². The van der Waals surface area contributed by atoms with Gasteiger partial charge in [0.05, 0.1) is 4.92 Å². The number of amides is 1. The molecule has 0 aliphatic heterocycles. The first kappa shape index (κ1) is 17.5. The molecule has 2 aromatic carbocycles. The van der Waals surface area contributed by atoms with E-state index in [-0.39, 0.29) is 11.6 Å². The molecule has 0 saturated carbocycles. The lowest BCUT2D eigenvalue weighted by molar-refractivity contribution is -0.384. The van der Waals surface area contributed by atoms with E-state index in [1.807, 2.05) is 26.8 Å². The van der Waals surface area contributed by atoms with E-state index in [0.717, 1.165) is 16.7 Å². The molecule has 0 unspecified atom stereocenters. The molecule has 0 aromatic heterocycles. The molecule has 126 valence electrons. The molecule has 0 bridgehead atoms. The van der Waals surface area contributed by atoms with Gasteiger partial charge in [0.25, 0.3) is 11.6 Å². The van der Waals surface area contributed by atoms with E-state index in [9.17, 15) is 14.9 Å². The summed E-state index contributed by atoms with van der Waals surface area (Å²) in [5.74, 6) is 0.295. The highest BCUT2D eigenvalue weighted by Gasteiger charge is 2.17. The van der Waals surface area contributed by atoms with Gasteiger partial charge in [0.15, 0.2) is 6.10 Å². The highest BCUT2D eigenvalue weighted by atomic mass is 16.6. The maximum atomic E-state index is 12.3. The van der Waals surface area contributed by atoms with Crippen LogP contribution in [0, 0.1) is 30.9 Å². The van der Waals surface area contributed by atoms with Crippen molar-refractivity contribution in [3.63, 3.8) is 0 Å². The molecule has 1 amide bonds. The predicted molar refractivity (Wildman–Crippen MR) is 92.5 cm³/mol. The summed E-state index contributed by atoms with van der Waals surface area (Å²) in [4.78, 5) is 22.6. The predicted octanol–water partition coefficient (Wildman–Crippen LogP) is 3.93. The number of anilines is 1. The Bertz CT molecular complexity index is 787. The Morgan fingerprint density at radius 2 is 1.92 bits per heavy atom. The number of nitrogens with zero attached hydrogens (tertiary/aromatic N) is 1. The van der Waals surface area contributed by atoms with Crippen LogP contribution in [0.3, 0.4) is 0 Å². The fourth-order valence-corrected chi connectivity index (χ4v) is 2.31. The van der Waals surface area contributed by atoms with Crippen LogP contribution in [0.2, 0.25) is 0 Å². The van der Waals surface area contributed by atoms with Crippen LogP contribution in [0.5, 0.6) is 5.75 Å². The first-order valence-corrected chi connectivity index (χ1v) is 7.57. The molecule has 2 aromatic rings. The van der Waals surface area contributed by atoms with Crippen molar-refractivity contribution < 1.29 is 14.5 Å². The second-order valence-corrected chi connectivity index (χ2v) is 5.76. The third-order valence-corrected chi connectivity index (χ3v) is 3.76. The van der Waals surface area contributed by atoms with Crippen LogP contribution in [0.25, 0.3) is 0 Å². The van der Waals surface area contributed by atoms with E-state index in [1.165, 1.54) is 18.2 Å². The Morgan fingerprint density at radius 1 is 1.21 bits per heavy atom. The first-order chi connectivity index (χ1) is 11.3. The lowest BCUT2D eigenvalue weighted by Gasteiger charge is -2.18. The largest absolute Gasteiger partial charge is 0.481 e. The Labute approximate surface area is 140 Å². The molecule has 0 aliphatic carbocycles. The third-order valence-electron chi connectivity index (χ3n) is 3.76. The van der Waals surface area contributed by atoms with Gasteiger partial charge in [0.2, 0.25) is 0 Å². The van der Waals surface area contributed by atoms with Crippen molar-refractivity contribution in [3.8, 4) is 5.75 Å². The number of carbonyl (C=O) groups is 1. The molecule has 0 fully saturated rings. The van der Waals surface area contributed by atoms with E-state index in [2.05, 4.69) is 11.4 Å². The number of hydrogen-bond acceptors (Lipinski definition) is 4. The Hall–Kier alpha value is -2.89. The number of non-ortho nitro benzene ring substituents is 1. The number of aryl methyl sites for hydroxylation is 2. The van der Waals surface area contributed by atoms with Crippen LogP contribution in [-0.2, 0) is 4.79 Å². The second-order valence-electron chi connectivity index (χ2n) is 5.76. The molecular weight excluding hydrogens is 308 g/mol. The summed E-state index contributed by atoms with van der Waals surface area (Å²) in [5, 5.41) is 13.4. The summed E-state index contributed by atoms with van der Waals surface area (Å²) in [6, 6.07) is 9.74. The molecular formula is C18H20N2O4. The first-order valence-electron chi connectivity index (χ1n) is 7.57. The molecule has 6 heteroatoms. The fraction of sp³-hybridized carbons (Fsp3) is 0.278. The summed E-state index contributed by atoms with van der Waals surface area (Å²) < 4.78 is 5.77. The third kappa shape index (κ3) is 4.10. The van der Waals surface area contributed by atoms with E-state index in [1.54, 1.807) is 13.0 Å². The average molecular weight is 328 g/mol. The van der Waals surface area contributed by atoms with E-state index in [0.29, 0.717) is 11.4 Å². The molecule has 0 radical (unpaired) electrons. The monoisotopic (exact) mass is 328 g/mol. The average Bonchev–Trinajstić information content (AvgIpc) is 2.52. The zero-order valence-corrected chi connectivity index (χ0v) is 14.1. The van der Waals surface area contributed by atoms with Gasteiger partial charge in [-0.1, -0.05) is 12.1 Å². The van der Waals surface area contributed by atoms with Crippen LogP contribution in [0.15, 0.2) is 36.4 Å². The summed E-state index contributed by atoms with van der Waals surface area (Å²) in [5.41, 5.74) is 3.42. The zero-order chi connectivity index (χ0) is 17.9. The molecule has 0 spiro atoms. The van der Waals surface area contributed by atoms with Crippen LogP contribution in [0.4, 0.5) is 11.4 Å². The number of nitro groups is 1. The molecule has 0 heterocycles. The molecule has 0 aliphatic rings. The molecule has 0 saturated heterocycles. The number of rotatable bonds is 5. The van der Waals surface area contributed by atoms with Crippen molar-refractivity contribution in [1.82, 2.24) is 0 Å². The highest BCUT2D eigenvalue weighted by molar-refractivity contribution is 5.94. The number of hydrogen-bond donors (Lipinski definition) is 1. The van der Waals surface area contributed by atoms with Crippen molar-refractivity contribution in [1.29, 1.82) is 0 Å². The Morgan fingerprint density at radius 3 is 2.58 bits per heavy atom. The van der Waals surface area contributed by atoms with Gasteiger partial charge in [-0.3, -0.25) is 14.9 Å². The van der Waals surface area contributed by atoms with Gasteiger partial charge >= 0.3 is 0 Å². The molecule has 1 N–H and O–H groups in total. The summed E-state index contributed by atoms with van der Waals surface area (Å²) in [7, 11) is 0. The van der Waals surface area contributed by atoms with Crippen molar-refractivity contribution in [2.24, 2.45) is 0 Å². The maximum Gasteiger partial charge on any atom is 0.271 e. The lowest BCUT2D eigenvalue weighted by Crippen LogP contribution is -2.30. The summed E-state index contributed by atoms with van der Waals surface area (Å²) in [6.45, 7) is 7.54. The van der Waals surface area contributed by atoms with E-state index < -0.39 is 11.0 Å². The van der Waals surface area contributed by atoms with Crippen molar-refractivity contribution in [2.45, 2.75) is 33.8 Å². The number of benzene rings is 2. The fourth-order valence-electron chi connectivity index (χ4n) is 2.31. The minimum atomic E-state index is -0.732. The smallest absolute Gasteiger partial charge is 0.271 e. The quantitative estimate of drug-likeness (QED) is 0.666. The van der Waals surface area contributed by atoms with Crippen LogP contribution in [-0.4, -0.2) is 16.9 Å². The zero-order valence-electron chi connectivity index (χ0n) is 14.1. The van der Waals surface area contributed by atoms with Gasteiger partial charge in [-0.15, -0.1) is 0 Å². The number of carbonyl (C=O) groups excluding carboxylic acids is 1. The lowest BCUT2D eigenvalue weighted by atomic mass is 10.1. The van der Waals surface area contributed by atoms with E-state index in [4.69, 9.17) is 4.74 Å². The molecule has 24 heavy (non-hydrogen) atoms. The molecule has 6 nitrogen and oxygen atoms in total. The standard InChI is InChI=1S/C18H20N2O4/c1-11-8-12(2)13(3)17(9-11)24-14(4)18(21)19-15-6-5-7-16(10-15)20(22)23/h5-10,14H,1-4H3,(H,19,21)/t14-/m1/s1. The van der Waals surface area contributed by atoms with Crippen molar-refractivity contribution in [2.75, 3.05) is 5.32 Å². The van der Waals surface area contributed by atoms with Gasteiger partial charge in [0, 0.05) is 17.8 Å². The highest BCUT2D eigenvalue weighted by Crippen LogP contribution is 2.25. The van der Waals surface area contributed by atoms with Crippen LogP contribution in [0.1, 0.15) is 23.6 Å². The van der Waals surface area contributed by atoms with Crippen LogP contribution >= 0.6 is 0 Å². The van der Waals surface area contributed by atoms with Gasteiger partial charge < -0.3 is 10.1 Å². The number of nitrogens with one attached hydrogen (secondary N) is 1. The normalized spacial score (nSPS) is 11.7. The summed E-state index contributed by atoms with van der Waals surface area (Å²) >= 11 is 0. The topological polar surface area (TPSA) is 81.5 Å².